The fourth-order valence-electron chi connectivity index (χ4n) is 3.71. The number of hydrogen-bond acceptors (Lipinski definition) is 4. The number of carbonyl (C=O) groups is 2. The molecule has 7 nitrogen and oxygen atoms in total. The van der Waals surface area contributed by atoms with E-state index in [1.54, 1.807) is 48.5 Å². The van der Waals surface area contributed by atoms with Crippen LogP contribution in [0.5, 0.6) is 0 Å². The van der Waals surface area contributed by atoms with Gasteiger partial charge >= 0.3 is 0 Å². The summed E-state index contributed by atoms with van der Waals surface area (Å²) in [4.78, 5) is 25.5. The first-order valence-electron chi connectivity index (χ1n) is 10.9. The van der Waals surface area contributed by atoms with Gasteiger partial charge in [0.2, 0.25) is 15.9 Å². The Bertz CT molecular complexity index is 1100. The summed E-state index contributed by atoms with van der Waals surface area (Å²) in [6.07, 6.45) is 0.837. The average molecular weight is 492 g/mol. The van der Waals surface area contributed by atoms with Gasteiger partial charge in [-0.25, -0.2) is 12.7 Å². The lowest BCUT2D eigenvalue weighted by atomic mass is 9.97. The summed E-state index contributed by atoms with van der Waals surface area (Å²) in [6, 6.07) is 13.6. The molecule has 0 saturated carbocycles. The Morgan fingerprint density at radius 1 is 1.03 bits per heavy atom. The topological polar surface area (TPSA) is 95.6 Å². The van der Waals surface area contributed by atoms with Crippen LogP contribution < -0.4 is 10.6 Å². The highest BCUT2D eigenvalue weighted by Gasteiger charge is 2.31. The van der Waals surface area contributed by atoms with Crippen molar-refractivity contribution in [3.63, 3.8) is 0 Å². The molecule has 0 unspecified atom stereocenters. The van der Waals surface area contributed by atoms with Crippen molar-refractivity contribution >= 4 is 39.1 Å². The fourth-order valence-corrected chi connectivity index (χ4v) is 5.40. The highest BCUT2D eigenvalue weighted by Crippen LogP contribution is 2.25. The third-order valence-corrected chi connectivity index (χ3v) is 7.50. The van der Waals surface area contributed by atoms with E-state index in [2.05, 4.69) is 10.6 Å². The number of nitrogens with one attached hydrogen (secondary N) is 2. The first-order chi connectivity index (χ1) is 15.4. The number of rotatable bonds is 6. The minimum absolute atomic E-state index is 0.0999. The molecular formula is C24H30ClN3O4S. The zero-order chi connectivity index (χ0) is 24.2. The molecule has 1 heterocycles. The molecule has 0 aromatic heterocycles. The average Bonchev–Trinajstić information content (AvgIpc) is 2.74. The van der Waals surface area contributed by atoms with Gasteiger partial charge in [0.15, 0.2) is 0 Å². The van der Waals surface area contributed by atoms with E-state index < -0.39 is 15.6 Å². The SMILES string of the molecule is CC(C)(C)NC(=O)c1ccccc1NC(=O)C1CCN(S(=O)(=O)Cc2ccc(Cl)cc2)CC1. The molecule has 33 heavy (non-hydrogen) atoms. The third-order valence-electron chi connectivity index (χ3n) is 5.40. The molecule has 0 bridgehead atoms. The van der Waals surface area contributed by atoms with Gasteiger partial charge in [-0.15, -0.1) is 0 Å². The van der Waals surface area contributed by atoms with Crippen LogP contribution in [0.15, 0.2) is 48.5 Å². The van der Waals surface area contributed by atoms with Crippen LogP contribution in [0.1, 0.15) is 49.5 Å². The van der Waals surface area contributed by atoms with E-state index in [4.69, 9.17) is 11.6 Å². The monoisotopic (exact) mass is 491 g/mol. The maximum absolute atomic E-state index is 12.9. The van der Waals surface area contributed by atoms with Crippen molar-refractivity contribution < 1.29 is 18.0 Å². The van der Waals surface area contributed by atoms with Crippen molar-refractivity contribution in [2.75, 3.05) is 18.4 Å². The largest absolute Gasteiger partial charge is 0.347 e. The number of anilines is 1. The Morgan fingerprint density at radius 2 is 1.64 bits per heavy atom. The highest BCUT2D eigenvalue weighted by molar-refractivity contribution is 7.88. The van der Waals surface area contributed by atoms with Crippen molar-refractivity contribution in [2.24, 2.45) is 5.92 Å². The number of halogens is 1. The smallest absolute Gasteiger partial charge is 0.253 e. The summed E-state index contributed by atoms with van der Waals surface area (Å²) in [6.45, 7) is 6.23. The standard InChI is InChI=1S/C24H30ClN3O4S/c1-24(2,3)27-23(30)20-6-4-5-7-21(20)26-22(29)18-12-14-28(15-13-18)33(31,32)16-17-8-10-19(25)11-9-17/h4-11,18H,12-16H2,1-3H3,(H,26,29)(H,27,30). The first-order valence-corrected chi connectivity index (χ1v) is 12.9. The van der Waals surface area contributed by atoms with Gasteiger partial charge in [0.05, 0.1) is 17.0 Å². The van der Waals surface area contributed by atoms with Crippen molar-refractivity contribution in [3.8, 4) is 0 Å². The molecule has 1 saturated heterocycles. The molecule has 2 aromatic rings. The minimum Gasteiger partial charge on any atom is -0.347 e. The lowest BCUT2D eigenvalue weighted by Crippen LogP contribution is -2.42. The van der Waals surface area contributed by atoms with Gasteiger partial charge < -0.3 is 10.6 Å². The first kappa shape index (κ1) is 25.2. The predicted molar refractivity (Wildman–Crippen MR) is 131 cm³/mol. The minimum atomic E-state index is -3.49. The molecule has 178 valence electrons. The maximum atomic E-state index is 12.9. The summed E-state index contributed by atoms with van der Waals surface area (Å²) in [5, 5.41) is 6.32. The molecule has 1 aliphatic heterocycles. The van der Waals surface area contributed by atoms with Gasteiger partial charge in [-0.3, -0.25) is 9.59 Å². The van der Waals surface area contributed by atoms with Gasteiger partial charge in [-0.1, -0.05) is 35.9 Å². The number of carbonyl (C=O) groups excluding carboxylic acids is 2. The van der Waals surface area contributed by atoms with Gasteiger partial charge in [0, 0.05) is 29.6 Å². The number of nitrogens with zero attached hydrogens (tertiary/aromatic N) is 1. The maximum Gasteiger partial charge on any atom is 0.253 e. The highest BCUT2D eigenvalue weighted by atomic mass is 35.5. The van der Waals surface area contributed by atoms with Gasteiger partial charge in [-0.05, 0) is 63.4 Å². The summed E-state index contributed by atoms with van der Waals surface area (Å²) >= 11 is 5.87. The van der Waals surface area contributed by atoms with E-state index in [1.165, 1.54) is 4.31 Å². The third kappa shape index (κ3) is 7.03. The summed E-state index contributed by atoms with van der Waals surface area (Å²) < 4.78 is 27.0. The van der Waals surface area contributed by atoms with E-state index >= 15 is 0 Å². The molecule has 1 fully saturated rings. The predicted octanol–water partition coefficient (Wildman–Crippen LogP) is 4.05. The molecule has 3 rings (SSSR count). The van der Waals surface area contributed by atoms with Crippen molar-refractivity contribution in [2.45, 2.75) is 44.9 Å². The zero-order valence-electron chi connectivity index (χ0n) is 19.1. The second-order valence-electron chi connectivity index (χ2n) is 9.29. The van der Waals surface area contributed by atoms with E-state index in [9.17, 15) is 18.0 Å². The number of amides is 2. The lowest BCUT2D eigenvalue weighted by Gasteiger charge is -2.30. The Morgan fingerprint density at radius 3 is 2.24 bits per heavy atom. The van der Waals surface area contributed by atoms with E-state index in [1.807, 2.05) is 20.8 Å². The quantitative estimate of drug-likeness (QED) is 0.637. The molecule has 0 radical (unpaired) electrons. The Balaban J connectivity index is 1.60. The Kier molecular flexibility index (Phi) is 7.82. The summed E-state index contributed by atoms with van der Waals surface area (Å²) in [5.41, 5.74) is 1.11. The van der Waals surface area contributed by atoms with E-state index in [0.717, 1.165) is 0 Å². The van der Waals surface area contributed by atoms with Crippen molar-refractivity contribution in [1.82, 2.24) is 9.62 Å². The number of piperidine rings is 1. The van der Waals surface area contributed by atoms with Crippen LogP contribution in [0.25, 0.3) is 0 Å². The second-order valence-corrected chi connectivity index (χ2v) is 11.7. The van der Waals surface area contributed by atoms with Crippen molar-refractivity contribution in [3.05, 3.63) is 64.7 Å². The fraction of sp³-hybridized carbons (Fsp3) is 0.417. The molecular weight excluding hydrogens is 462 g/mol. The molecule has 0 atom stereocenters. The number of sulfonamides is 1. The van der Waals surface area contributed by atoms with Gasteiger partial charge in [-0.2, -0.15) is 0 Å². The lowest BCUT2D eigenvalue weighted by molar-refractivity contribution is -0.120. The molecule has 2 N–H and O–H groups in total. The molecule has 1 aliphatic rings. The number of hydrogen-bond donors (Lipinski definition) is 2. The van der Waals surface area contributed by atoms with Crippen LogP contribution in [0.4, 0.5) is 5.69 Å². The molecule has 0 aliphatic carbocycles. The van der Waals surface area contributed by atoms with Crippen LogP contribution in [0.2, 0.25) is 5.02 Å². The zero-order valence-corrected chi connectivity index (χ0v) is 20.7. The molecule has 2 aromatic carbocycles. The second kappa shape index (κ2) is 10.2. The van der Waals surface area contributed by atoms with Crippen molar-refractivity contribution in [1.29, 1.82) is 0 Å². The van der Waals surface area contributed by atoms with Crippen LogP contribution in [0.3, 0.4) is 0 Å². The van der Waals surface area contributed by atoms with Crippen LogP contribution in [-0.2, 0) is 20.6 Å². The van der Waals surface area contributed by atoms with Crippen LogP contribution in [0, 0.1) is 5.92 Å². The number of para-hydroxylation sites is 1. The summed E-state index contributed by atoms with van der Waals surface area (Å²) in [7, 11) is -3.49. The Hall–Kier alpha value is -2.42. The van der Waals surface area contributed by atoms with Gasteiger partial charge in [0.25, 0.3) is 5.91 Å². The van der Waals surface area contributed by atoms with E-state index in [-0.39, 0.29) is 36.6 Å². The van der Waals surface area contributed by atoms with Crippen LogP contribution >= 0.6 is 11.6 Å². The molecule has 2 amide bonds. The number of benzene rings is 2. The summed E-state index contributed by atoms with van der Waals surface area (Å²) in [5.74, 6) is -0.898. The molecule has 0 spiro atoms. The normalized spacial score (nSPS) is 15.8. The van der Waals surface area contributed by atoms with Gasteiger partial charge in [0.1, 0.15) is 0 Å². The van der Waals surface area contributed by atoms with E-state index in [0.29, 0.717) is 34.7 Å². The molecule has 9 heteroatoms. The van der Waals surface area contributed by atoms with Crippen LogP contribution in [-0.4, -0.2) is 43.2 Å². The Labute approximate surface area is 200 Å².